The molecule has 19 heavy (non-hydrogen) atoms. The lowest BCUT2D eigenvalue weighted by atomic mass is 10.0. The fourth-order valence-corrected chi connectivity index (χ4v) is 3.86. The molecule has 1 aliphatic carbocycles. The third-order valence-electron chi connectivity index (χ3n) is 3.89. The minimum Gasteiger partial charge on any atom is -0.444 e. The zero-order chi connectivity index (χ0) is 13.8. The predicted molar refractivity (Wildman–Crippen MR) is 76.4 cm³/mol. The summed E-state index contributed by atoms with van der Waals surface area (Å²) in [7, 11) is 0. The maximum Gasteiger partial charge on any atom is 0.410 e. The van der Waals surface area contributed by atoms with Crippen molar-refractivity contribution in [3.63, 3.8) is 0 Å². The van der Waals surface area contributed by atoms with Crippen LogP contribution in [0.5, 0.6) is 0 Å². The van der Waals surface area contributed by atoms with Crippen LogP contribution in [0, 0.1) is 0 Å². The Kier molecular flexibility index (Phi) is 2.72. The summed E-state index contributed by atoms with van der Waals surface area (Å²) in [5.41, 5.74) is 2.68. The van der Waals surface area contributed by atoms with E-state index in [0.717, 1.165) is 6.54 Å². The molecule has 1 saturated carbocycles. The second-order valence-electron chi connectivity index (χ2n) is 6.97. The molecule has 0 N–H and O–H groups in total. The Morgan fingerprint density at radius 3 is 2.63 bits per heavy atom. The number of fused-ring (bicyclic) bond motifs is 1. The van der Waals surface area contributed by atoms with Crippen LogP contribution in [-0.4, -0.2) is 16.6 Å². The molecule has 1 aromatic rings. The highest BCUT2D eigenvalue weighted by Gasteiger charge is 2.44. The van der Waals surface area contributed by atoms with Gasteiger partial charge < -0.3 is 4.74 Å². The summed E-state index contributed by atoms with van der Waals surface area (Å²) < 4.78 is 5.45. The molecule has 0 spiro atoms. The third kappa shape index (κ3) is 2.38. The Balaban J connectivity index is 1.74. The molecular weight excluding hydrogens is 258 g/mol. The van der Waals surface area contributed by atoms with Crippen molar-refractivity contribution < 1.29 is 9.53 Å². The largest absolute Gasteiger partial charge is 0.444 e. The number of nitrogens with zero attached hydrogens (tertiary/aromatic N) is 1. The van der Waals surface area contributed by atoms with Crippen molar-refractivity contribution in [1.29, 1.82) is 0 Å². The quantitative estimate of drug-likeness (QED) is 0.776. The summed E-state index contributed by atoms with van der Waals surface area (Å²) in [6, 6.07) is 0. The van der Waals surface area contributed by atoms with Gasteiger partial charge in [-0.25, -0.2) is 4.79 Å². The minimum atomic E-state index is -0.419. The van der Waals surface area contributed by atoms with Crippen LogP contribution in [0.15, 0.2) is 5.38 Å². The highest BCUT2D eigenvalue weighted by atomic mass is 32.1. The van der Waals surface area contributed by atoms with Gasteiger partial charge >= 0.3 is 6.09 Å². The smallest absolute Gasteiger partial charge is 0.410 e. The summed E-state index contributed by atoms with van der Waals surface area (Å²) in [5, 5.41) is 2.22. The summed E-state index contributed by atoms with van der Waals surface area (Å²) in [6.07, 6.45) is 2.37. The molecule has 0 radical (unpaired) electrons. The summed E-state index contributed by atoms with van der Waals surface area (Å²) in [6.45, 7) is 9.48. The molecule has 3 nitrogen and oxygen atoms in total. The van der Waals surface area contributed by atoms with E-state index in [1.54, 1.807) is 0 Å². The number of amides is 1. The standard InChI is InChI=1S/C15H21NO2S/c1-14(2,3)18-13(17)16-7-10-9-19-12(11(10)8-16)15(4)5-6-15/h9H,5-8H2,1-4H3. The second kappa shape index (κ2) is 3.98. The molecule has 3 rings (SSSR count). The Morgan fingerprint density at radius 2 is 2.05 bits per heavy atom. The molecule has 104 valence electrons. The van der Waals surface area contributed by atoms with Gasteiger partial charge in [0.25, 0.3) is 0 Å². The molecule has 0 aromatic carbocycles. The van der Waals surface area contributed by atoms with Gasteiger partial charge in [0.15, 0.2) is 0 Å². The number of thiophene rings is 1. The molecule has 0 atom stereocenters. The first-order valence-corrected chi connectivity index (χ1v) is 7.74. The van der Waals surface area contributed by atoms with Crippen LogP contribution in [0.4, 0.5) is 4.79 Å². The predicted octanol–water partition coefficient (Wildman–Crippen LogP) is 4.05. The van der Waals surface area contributed by atoms with Gasteiger partial charge in [-0.1, -0.05) is 6.92 Å². The van der Waals surface area contributed by atoms with Crippen molar-refractivity contribution in [2.45, 2.75) is 64.6 Å². The highest BCUT2D eigenvalue weighted by Crippen LogP contribution is 2.52. The zero-order valence-electron chi connectivity index (χ0n) is 12.1. The summed E-state index contributed by atoms with van der Waals surface area (Å²) in [5.74, 6) is 0. The van der Waals surface area contributed by atoms with Crippen molar-refractivity contribution in [1.82, 2.24) is 4.90 Å². The first-order valence-electron chi connectivity index (χ1n) is 6.86. The molecule has 4 heteroatoms. The van der Waals surface area contributed by atoms with Gasteiger partial charge in [0.1, 0.15) is 5.60 Å². The number of hydrogen-bond acceptors (Lipinski definition) is 3. The fourth-order valence-electron chi connectivity index (χ4n) is 2.55. The van der Waals surface area contributed by atoms with Crippen molar-refractivity contribution in [2.75, 3.05) is 0 Å². The highest BCUT2D eigenvalue weighted by molar-refractivity contribution is 7.10. The SMILES string of the molecule is CC(C)(C)OC(=O)N1Cc2csc(C3(C)CC3)c2C1. The Bertz CT molecular complexity index is 523. The third-order valence-corrected chi connectivity index (χ3v) is 5.27. The van der Waals surface area contributed by atoms with Crippen LogP contribution in [0.3, 0.4) is 0 Å². The van der Waals surface area contributed by atoms with Gasteiger partial charge in [0.2, 0.25) is 0 Å². The van der Waals surface area contributed by atoms with Crippen LogP contribution in [0.1, 0.15) is 56.5 Å². The molecular formula is C15H21NO2S. The van der Waals surface area contributed by atoms with Crippen LogP contribution < -0.4 is 0 Å². The van der Waals surface area contributed by atoms with Gasteiger partial charge in [-0.3, -0.25) is 4.90 Å². The van der Waals surface area contributed by atoms with E-state index in [9.17, 15) is 4.79 Å². The topological polar surface area (TPSA) is 29.5 Å². The average molecular weight is 279 g/mol. The fraction of sp³-hybridized carbons (Fsp3) is 0.667. The van der Waals surface area contributed by atoms with E-state index in [-0.39, 0.29) is 6.09 Å². The molecule has 1 aromatic heterocycles. The minimum absolute atomic E-state index is 0.194. The molecule has 1 fully saturated rings. The van der Waals surface area contributed by atoms with Crippen molar-refractivity contribution >= 4 is 17.4 Å². The molecule has 2 heterocycles. The number of hydrogen-bond donors (Lipinski definition) is 0. The first-order chi connectivity index (χ1) is 8.78. The van der Waals surface area contributed by atoms with Gasteiger partial charge in [-0.2, -0.15) is 0 Å². The Hall–Kier alpha value is -1.03. The molecule has 0 saturated heterocycles. The average Bonchev–Trinajstić information content (AvgIpc) is 2.73. The van der Waals surface area contributed by atoms with E-state index in [0.29, 0.717) is 12.0 Å². The zero-order valence-corrected chi connectivity index (χ0v) is 12.9. The maximum atomic E-state index is 12.1. The van der Waals surface area contributed by atoms with Crippen molar-refractivity contribution in [3.8, 4) is 0 Å². The summed E-state index contributed by atoms with van der Waals surface area (Å²) >= 11 is 1.87. The lowest BCUT2D eigenvalue weighted by Crippen LogP contribution is -2.33. The van der Waals surface area contributed by atoms with E-state index in [2.05, 4.69) is 12.3 Å². The van der Waals surface area contributed by atoms with Crippen LogP contribution in [-0.2, 0) is 23.2 Å². The van der Waals surface area contributed by atoms with E-state index >= 15 is 0 Å². The van der Waals surface area contributed by atoms with Crippen LogP contribution in [0.2, 0.25) is 0 Å². The van der Waals surface area contributed by atoms with Crippen LogP contribution >= 0.6 is 11.3 Å². The summed E-state index contributed by atoms with van der Waals surface area (Å²) in [4.78, 5) is 15.4. The number of carbonyl (C=O) groups is 1. The molecule has 1 amide bonds. The van der Waals surface area contributed by atoms with E-state index in [1.807, 2.05) is 37.0 Å². The van der Waals surface area contributed by atoms with E-state index in [4.69, 9.17) is 4.74 Å². The number of carbonyl (C=O) groups excluding carboxylic acids is 1. The molecule has 0 unspecified atom stereocenters. The van der Waals surface area contributed by atoms with Crippen molar-refractivity contribution in [2.24, 2.45) is 0 Å². The Morgan fingerprint density at radius 1 is 1.37 bits per heavy atom. The normalized spacial score (nSPS) is 20.3. The lowest BCUT2D eigenvalue weighted by molar-refractivity contribution is 0.0241. The first kappa shape index (κ1) is 13.0. The second-order valence-corrected chi connectivity index (χ2v) is 7.85. The monoisotopic (exact) mass is 279 g/mol. The van der Waals surface area contributed by atoms with E-state index < -0.39 is 5.60 Å². The van der Waals surface area contributed by atoms with Gasteiger partial charge in [-0.05, 0) is 50.1 Å². The van der Waals surface area contributed by atoms with Crippen LogP contribution in [0.25, 0.3) is 0 Å². The molecule has 2 aliphatic rings. The van der Waals surface area contributed by atoms with Gasteiger partial charge in [-0.15, -0.1) is 11.3 Å². The molecule has 1 aliphatic heterocycles. The molecule has 0 bridgehead atoms. The number of rotatable bonds is 1. The number of ether oxygens (including phenoxy) is 1. The Labute approximate surface area is 118 Å². The van der Waals surface area contributed by atoms with Gasteiger partial charge in [0.05, 0.1) is 13.1 Å². The lowest BCUT2D eigenvalue weighted by Gasteiger charge is -2.24. The van der Waals surface area contributed by atoms with Gasteiger partial charge in [0, 0.05) is 10.3 Å². The van der Waals surface area contributed by atoms with Crippen molar-refractivity contribution in [3.05, 3.63) is 21.4 Å². The maximum absolute atomic E-state index is 12.1. The van der Waals surface area contributed by atoms with E-state index in [1.165, 1.54) is 28.8 Å².